The summed E-state index contributed by atoms with van der Waals surface area (Å²) in [6, 6.07) is 7.64. The molecule has 5 nitrogen and oxygen atoms in total. The second-order valence-electron chi connectivity index (χ2n) is 5.65. The summed E-state index contributed by atoms with van der Waals surface area (Å²) in [4.78, 5) is 14.6. The summed E-state index contributed by atoms with van der Waals surface area (Å²) in [6.45, 7) is 4.28. The number of fused-ring (bicyclic) bond motifs is 1. The molecule has 21 heavy (non-hydrogen) atoms. The average Bonchev–Trinajstić information content (AvgIpc) is 2.53. The Morgan fingerprint density at radius 1 is 1.14 bits per heavy atom. The van der Waals surface area contributed by atoms with Crippen LogP contribution in [0.5, 0.6) is 0 Å². The third-order valence-electron chi connectivity index (χ3n) is 4.13. The molecule has 0 unspecified atom stereocenters. The van der Waals surface area contributed by atoms with Crippen LogP contribution in [0.1, 0.15) is 19.3 Å². The molecule has 1 aliphatic heterocycles. The van der Waals surface area contributed by atoms with Crippen molar-refractivity contribution in [3.63, 3.8) is 0 Å². The van der Waals surface area contributed by atoms with Gasteiger partial charge in [0.25, 0.3) is 5.56 Å². The molecular formula is C16H22N4O. The molecule has 3 rings (SSSR count). The fourth-order valence-corrected chi connectivity index (χ4v) is 2.95. The quantitative estimate of drug-likeness (QED) is 0.931. The van der Waals surface area contributed by atoms with Crippen molar-refractivity contribution in [2.45, 2.75) is 19.3 Å². The van der Waals surface area contributed by atoms with Crippen molar-refractivity contribution in [1.29, 1.82) is 0 Å². The van der Waals surface area contributed by atoms with E-state index < -0.39 is 0 Å². The maximum absolute atomic E-state index is 12.1. The highest BCUT2D eigenvalue weighted by Crippen LogP contribution is 2.17. The molecular weight excluding hydrogens is 264 g/mol. The van der Waals surface area contributed by atoms with Crippen molar-refractivity contribution >= 4 is 16.6 Å². The molecule has 1 aromatic carbocycles. The first-order valence-corrected chi connectivity index (χ1v) is 7.68. The van der Waals surface area contributed by atoms with Gasteiger partial charge in [-0.2, -0.15) is 5.10 Å². The van der Waals surface area contributed by atoms with Gasteiger partial charge in [0.05, 0.1) is 5.39 Å². The SMILES string of the molecule is Cn1nc(NCCN2CCCCC2)c2ccccc2c1=O. The Kier molecular flexibility index (Phi) is 4.20. The van der Waals surface area contributed by atoms with Crippen LogP contribution in [0.15, 0.2) is 29.1 Å². The highest BCUT2D eigenvalue weighted by molar-refractivity contribution is 5.90. The van der Waals surface area contributed by atoms with Gasteiger partial charge in [-0.05, 0) is 32.0 Å². The summed E-state index contributed by atoms with van der Waals surface area (Å²) in [7, 11) is 1.70. The first-order valence-electron chi connectivity index (χ1n) is 7.68. The van der Waals surface area contributed by atoms with E-state index in [-0.39, 0.29) is 5.56 Å². The number of anilines is 1. The topological polar surface area (TPSA) is 50.2 Å². The summed E-state index contributed by atoms with van der Waals surface area (Å²) >= 11 is 0. The van der Waals surface area contributed by atoms with Gasteiger partial charge in [-0.15, -0.1) is 0 Å². The number of nitrogens with one attached hydrogen (secondary N) is 1. The van der Waals surface area contributed by atoms with Gasteiger partial charge in [0.2, 0.25) is 0 Å². The van der Waals surface area contributed by atoms with Crippen LogP contribution in [0.4, 0.5) is 5.82 Å². The minimum absolute atomic E-state index is 0.0489. The van der Waals surface area contributed by atoms with Crippen molar-refractivity contribution in [3.8, 4) is 0 Å². The number of nitrogens with zero attached hydrogens (tertiary/aromatic N) is 3. The van der Waals surface area contributed by atoms with E-state index in [9.17, 15) is 4.79 Å². The zero-order chi connectivity index (χ0) is 14.7. The van der Waals surface area contributed by atoms with Crippen LogP contribution in [-0.2, 0) is 7.05 Å². The zero-order valence-corrected chi connectivity index (χ0v) is 12.5. The third-order valence-corrected chi connectivity index (χ3v) is 4.13. The average molecular weight is 286 g/mol. The van der Waals surface area contributed by atoms with E-state index in [0.29, 0.717) is 0 Å². The molecule has 2 heterocycles. The second kappa shape index (κ2) is 6.26. The van der Waals surface area contributed by atoms with Gasteiger partial charge in [0.15, 0.2) is 5.82 Å². The molecule has 1 aromatic heterocycles. The van der Waals surface area contributed by atoms with Crippen LogP contribution in [0, 0.1) is 0 Å². The molecule has 5 heteroatoms. The lowest BCUT2D eigenvalue weighted by Crippen LogP contribution is -2.34. The molecule has 0 amide bonds. The normalized spacial score (nSPS) is 16.2. The largest absolute Gasteiger partial charge is 0.367 e. The van der Waals surface area contributed by atoms with Crippen molar-refractivity contribution in [3.05, 3.63) is 34.6 Å². The van der Waals surface area contributed by atoms with E-state index >= 15 is 0 Å². The van der Waals surface area contributed by atoms with E-state index in [0.717, 1.165) is 29.7 Å². The molecule has 1 saturated heterocycles. The molecule has 0 spiro atoms. The minimum Gasteiger partial charge on any atom is -0.367 e. The zero-order valence-electron chi connectivity index (χ0n) is 12.5. The van der Waals surface area contributed by atoms with Crippen LogP contribution in [-0.4, -0.2) is 40.9 Å². The highest BCUT2D eigenvalue weighted by atomic mass is 16.1. The van der Waals surface area contributed by atoms with Crippen LogP contribution in [0.25, 0.3) is 10.8 Å². The Hall–Kier alpha value is -1.88. The molecule has 1 N–H and O–H groups in total. The van der Waals surface area contributed by atoms with Gasteiger partial charge in [-0.3, -0.25) is 4.79 Å². The summed E-state index contributed by atoms with van der Waals surface area (Å²) < 4.78 is 1.41. The third kappa shape index (κ3) is 3.08. The molecule has 112 valence electrons. The van der Waals surface area contributed by atoms with Crippen LogP contribution < -0.4 is 10.9 Å². The van der Waals surface area contributed by atoms with Crippen LogP contribution in [0.3, 0.4) is 0 Å². The molecule has 0 saturated carbocycles. The van der Waals surface area contributed by atoms with Gasteiger partial charge in [0, 0.05) is 25.5 Å². The Morgan fingerprint density at radius 3 is 2.62 bits per heavy atom. The predicted molar refractivity (Wildman–Crippen MR) is 85.8 cm³/mol. The van der Waals surface area contributed by atoms with Crippen molar-refractivity contribution < 1.29 is 0 Å². The number of benzene rings is 1. The number of likely N-dealkylation sites (tertiary alicyclic amines) is 1. The van der Waals surface area contributed by atoms with E-state index in [1.165, 1.54) is 37.0 Å². The van der Waals surface area contributed by atoms with Crippen LogP contribution in [0.2, 0.25) is 0 Å². The Labute approximate surface area is 124 Å². The summed E-state index contributed by atoms with van der Waals surface area (Å²) in [5.74, 6) is 0.796. The van der Waals surface area contributed by atoms with Crippen molar-refractivity contribution in [2.75, 3.05) is 31.5 Å². The number of hydrogen-bond acceptors (Lipinski definition) is 4. The monoisotopic (exact) mass is 286 g/mol. The number of rotatable bonds is 4. The van der Waals surface area contributed by atoms with Crippen molar-refractivity contribution in [1.82, 2.24) is 14.7 Å². The fraction of sp³-hybridized carbons (Fsp3) is 0.500. The lowest BCUT2D eigenvalue weighted by Gasteiger charge is -2.26. The van der Waals surface area contributed by atoms with Gasteiger partial charge < -0.3 is 10.2 Å². The van der Waals surface area contributed by atoms with E-state index in [2.05, 4.69) is 15.3 Å². The number of hydrogen-bond donors (Lipinski definition) is 1. The van der Waals surface area contributed by atoms with E-state index in [4.69, 9.17) is 0 Å². The Bertz CT molecular complexity index is 674. The standard InChI is InChI=1S/C16H22N4O/c1-19-16(21)14-8-4-3-7-13(14)15(18-19)17-9-12-20-10-5-2-6-11-20/h3-4,7-8H,2,5-6,9-12H2,1H3,(H,17,18). The molecule has 0 radical (unpaired) electrons. The van der Waals surface area contributed by atoms with Crippen molar-refractivity contribution in [2.24, 2.45) is 7.05 Å². The maximum Gasteiger partial charge on any atom is 0.274 e. The second-order valence-corrected chi connectivity index (χ2v) is 5.65. The number of aryl methyl sites for hydroxylation is 1. The summed E-state index contributed by atoms with van der Waals surface area (Å²) in [5.41, 5.74) is -0.0489. The van der Waals surface area contributed by atoms with Gasteiger partial charge in [-0.1, -0.05) is 24.6 Å². The van der Waals surface area contributed by atoms with Gasteiger partial charge in [0.1, 0.15) is 0 Å². The maximum atomic E-state index is 12.1. The predicted octanol–water partition coefficient (Wildman–Crippen LogP) is 1.83. The van der Waals surface area contributed by atoms with Gasteiger partial charge >= 0.3 is 0 Å². The number of aromatic nitrogens is 2. The number of piperidine rings is 1. The summed E-state index contributed by atoms with van der Waals surface area (Å²) in [6.07, 6.45) is 3.97. The fourth-order valence-electron chi connectivity index (χ4n) is 2.95. The molecule has 2 aromatic rings. The minimum atomic E-state index is -0.0489. The van der Waals surface area contributed by atoms with E-state index in [1.807, 2.05) is 24.3 Å². The lowest BCUT2D eigenvalue weighted by molar-refractivity contribution is 0.237. The summed E-state index contributed by atoms with van der Waals surface area (Å²) in [5, 5.41) is 9.37. The molecule has 1 aliphatic rings. The molecule has 0 aliphatic carbocycles. The first kappa shape index (κ1) is 14.1. The van der Waals surface area contributed by atoms with E-state index in [1.54, 1.807) is 7.05 Å². The Morgan fingerprint density at radius 2 is 1.86 bits per heavy atom. The molecule has 0 atom stereocenters. The lowest BCUT2D eigenvalue weighted by atomic mass is 10.1. The molecule has 1 fully saturated rings. The van der Waals surface area contributed by atoms with Gasteiger partial charge in [-0.25, -0.2) is 4.68 Å². The smallest absolute Gasteiger partial charge is 0.274 e. The van der Waals surface area contributed by atoms with Crippen LogP contribution >= 0.6 is 0 Å². The first-order chi connectivity index (χ1) is 10.3. The molecule has 0 bridgehead atoms. The highest BCUT2D eigenvalue weighted by Gasteiger charge is 2.11. The Balaban J connectivity index is 1.74.